The Kier molecular flexibility index (Phi) is 5.61. The highest BCUT2D eigenvalue weighted by molar-refractivity contribution is 7.92. The minimum absolute atomic E-state index is 0.0447. The molecule has 198 valence electrons. The Morgan fingerprint density at radius 3 is 2.50 bits per heavy atom. The molecule has 0 bridgehead atoms. The molecule has 3 aliphatic rings. The number of aromatic nitrogens is 2. The second kappa shape index (κ2) is 8.67. The van der Waals surface area contributed by atoms with Gasteiger partial charge in [-0.25, -0.2) is 25.9 Å². The third-order valence-corrected chi connectivity index (χ3v) is 10.8. The van der Waals surface area contributed by atoms with Gasteiger partial charge in [-0.3, -0.25) is 19.0 Å². The van der Waals surface area contributed by atoms with Crippen LogP contribution < -0.4 is 31.6 Å². The van der Waals surface area contributed by atoms with Crippen molar-refractivity contribution >= 4 is 37.4 Å². The second-order valence-electron chi connectivity index (χ2n) is 9.55. The van der Waals surface area contributed by atoms with E-state index in [1.807, 2.05) is 0 Å². The molecule has 2 N–H and O–H groups in total. The number of fused-ring (bicyclic) bond motifs is 2. The Morgan fingerprint density at radius 2 is 1.79 bits per heavy atom. The molecule has 1 aromatic heterocycles. The largest absolute Gasteiger partial charge is 0.339 e. The molecule has 1 fully saturated rings. The van der Waals surface area contributed by atoms with E-state index in [2.05, 4.69) is 10.0 Å². The summed E-state index contributed by atoms with van der Waals surface area (Å²) in [7, 11) is -7.60. The van der Waals surface area contributed by atoms with Gasteiger partial charge in [-0.2, -0.15) is 0 Å². The lowest BCUT2D eigenvalue weighted by molar-refractivity contribution is 0.454. The summed E-state index contributed by atoms with van der Waals surface area (Å²) in [6.45, 7) is 0.439. The average molecular weight is 559 g/mol. The molecule has 1 atom stereocenters. The van der Waals surface area contributed by atoms with Crippen LogP contribution in [0.1, 0.15) is 35.6 Å². The normalized spacial score (nSPS) is 22.1. The Labute approximate surface area is 216 Å². The first kappa shape index (κ1) is 24.6. The van der Waals surface area contributed by atoms with Gasteiger partial charge in [0.15, 0.2) is 9.84 Å². The van der Waals surface area contributed by atoms with Gasteiger partial charge >= 0.3 is 0 Å². The lowest BCUT2D eigenvalue weighted by Gasteiger charge is -2.24. The van der Waals surface area contributed by atoms with Crippen molar-refractivity contribution in [2.45, 2.75) is 42.5 Å². The molecule has 2 aromatic carbocycles. The van der Waals surface area contributed by atoms with Crippen molar-refractivity contribution in [3.8, 4) is 0 Å². The number of benzene rings is 2. The van der Waals surface area contributed by atoms with E-state index in [1.165, 1.54) is 41.1 Å². The van der Waals surface area contributed by atoms with Gasteiger partial charge in [0.2, 0.25) is 5.43 Å². The molecular formula is C25H23FN4O6S2. The summed E-state index contributed by atoms with van der Waals surface area (Å²) in [6, 6.07) is 9.94. The first-order valence-corrected chi connectivity index (χ1v) is 15.2. The van der Waals surface area contributed by atoms with Crippen LogP contribution in [-0.2, 0) is 33.0 Å². The molecule has 10 nitrogen and oxygen atoms in total. The Balaban J connectivity index is 1.52. The van der Waals surface area contributed by atoms with E-state index in [4.69, 9.17) is 0 Å². The van der Waals surface area contributed by atoms with Crippen molar-refractivity contribution in [1.82, 2.24) is 14.1 Å². The van der Waals surface area contributed by atoms with Gasteiger partial charge in [-0.15, -0.1) is 0 Å². The van der Waals surface area contributed by atoms with Crippen LogP contribution in [0.3, 0.4) is 0 Å². The Hall–Kier alpha value is -3.71. The summed E-state index contributed by atoms with van der Waals surface area (Å²) in [4.78, 5) is 26.8. The third kappa shape index (κ3) is 3.97. The van der Waals surface area contributed by atoms with Crippen molar-refractivity contribution in [3.05, 3.63) is 90.6 Å². The highest BCUT2D eigenvalue weighted by Crippen LogP contribution is 2.38. The lowest BCUT2D eigenvalue weighted by Crippen LogP contribution is -2.60. The van der Waals surface area contributed by atoms with Crippen molar-refractivity contribution in [2.75, 3.05) is 11.1 Å². The van der Waals surface area contributed by atoms with Crippen molar-refractivity contribution in [3.63, 3.8) is 0 Å². The summed E-state index contributed by atoms with van der Waals surface area (Å²) >= 11 is 0. The van der Waals surface area contributed by atoms with Gasteiger partial charge in [0.05, 0.1) is 23.2 Å². The van der Waals surface area contributed by atoms with Gasteiger partial charge in [0, 0.05) is 6.54 Å². The highest BCUT2D eigenvalue weighted by atomic mass is 32.2. The molecule has 1 unspecified atom stereocenters. The third-order valence-electron chi connectivity index (χ3n) is 7.14. The predicted octanol–water partition coefficient (Wildman–Crippen LogP) is 0.101. The number of anilines is 1. The molecule has 0 spiro atoms. The summed E-state index contributed by atoms with van der Waals surface area (Å²) in [5, 5.41) is 1.98. The number of nitrogens with zero attached hydrogens (tertiary/aromatic N) is 2. The van der Waals surface area contributed by atoms with Gasteiger partial charge in [-0.05, 0) is 54.7 Å². The second-order valence-corrected chi connectivity index (χ2v) is 13.5. The standard InChI is InChI=1S/C25H23FN4O6S2/c26-17-8-5-15(6-9-17)14-30-25(32)22(23(31)19-3-1-11-29(19)30)24-27-18-10-7-16(13-21(18)38(35,36)28-24)20-4-2-12-37(20,33)34/h3,5-10,13,20,27-28H,1-2,4,11-12,14H2. The van der Waals surface area contributed by atoms with Gasteiger partial charge < -0.3 is 5.32 Å². The maximum Gasteiger partial charge on any atom is 0.280 e. The maximum atomic E-state index is 13.6. The van der Waals surface area contributed by atoms with Crippen LogP contribution in [0.5, 0.6) is 0 Å². The quantitative estimate of drug-likeness (QED) is 0.465. The first-order valence-electron chi connectivity index (χ1n) is 12.0. The monoisotopic (exact) mass is 558 g/mol. The molecule has 38 heavy (non-hydrogen) atoms. The molecule has 3 aromatic rings. The fourth-order valence-electron chi connectivity index (χ4n) is 5.31. The predicted molar refractivity (Wildman–Crippen MR) is 138 cm³/mol. The van der Waals surface area contributed by atoms with E-state index >= 15 is 0 Å². The number of nitrogens with one attached hydrogen (secondary N) is 2. The maximum absolute atomic E-state index is 13.6. The van der Waals surface area contributed by atoms with Gasteiger partial charge in [-0.1, -0.05) is 24.3 Å². The topological polar surface area (TPSA) is 136 Å². The molecule has 0 amide bonds. The molecule has 13 heteroatoms. The fraction of sp³-hybridized carbons (Fsp3) is 0.280. The number of sulfone groups is 1. The first-order chi connectivity index (χ1) is 18.0. The van der Waals surface area contributed by atoms with E-state index in [0.717, 1.165) is 0 Å². The minimum Gasteiger partial charge on any atom is -0.339 e. The number of hydrogen-bond acceptors (Lipinski definition) is 7. The minimum atomic E-state index is -4.24. The lowest BCUT2D eigenvalue weighted by atomic mass is 10.1. The molecule has 1 saturated heterocycles. The zero-order valence-corrected chi connectivity index (χ0v) is 21.6. The molecule has 6 rings (SSSR count). The van der Waals surface area contributed by atoms with E-state index in [0.29, 0.717) is 36.9 Å². The van der Waals surface area contributed by atoms with Crippen molar-refractivity contribution in [1.29, 1.82) is 0 Å². The molecule has 4 heterocycles. The summed E-state index contributed by atoms with van der Waals surface area (Å²) in [6.07, 6.45) is 3.13. The van der Waals surface area contributed by atoms with Crippen LogP contribution in [0.2, 0.25) is 0 Å². The van der Waals surface area contributed by atoms with E-state index in [9.17, 15) is 30.8 Å². The number of halogens is 1. The fourth-order valence-corrected chi connectivity index (χ4v) is 8.48. The van der Waals surface area contributed by atoms with Gasteiger partial charge in [0.25, 0.3) is 15.6 Å². The summed E-state index contributed by atoms with van der Waals surface area (Å²) < 4.78 is 69.9. The molecule has 0 aliphatic carbocycles. The van der Waals surface area contributed by atoms with Crippen molar-refractivity contribution < 1.29 is 21.2 Å². The van der Waals surface area contributed by atoms with E-state index in [-0.39, 0.29) is 39.3 Å². The number of hydrogen-bond donors (Lipinski definition) is 2. The average Bonchev–Trinajstić information content (AvgIpc) is 3.49. The van der Waals surface area contributed by atoms with Crippen LogP contribution >= 0.6 is 0 Å². The molecule has 0 radical (unpaired) electrons. The van der Waals surface area contributed by atoms with Crippen LogP contribution in [0.4, 0.5) is 10.1 Å². The summed E-state index contributed by atoms with van der Waals surface area (Å²) in [5.41, 5.74) is -0.196. The Bertz CT molecular complexity index is 1960. The zero-order valence-electron chi connectivity index (χ0n) is 20.0. The molecule has 0 saturated carbocycles. The smallest absolute Gasteiger partial charge is 0.280 e. The zero-order chi connectivity index (χ0) is 26.8. The van der Waals surface area contributed by atoms with Crippen LogP contribution in [-0.4, -0.2) is 32.0 Å². The van der Waals surface area contributed by atoms with Crippen LogP contribution in [0, 0.1) is 5.82 Å². The summed E-state index contributed by atoms with van der Waals surface area (Å²) in [5.74, 6) is -0.642. The number of sulfonamides is 1. The van der Waals surface area contributed by atoms with E-state index in [1.54, 1.807) is 16.8 Å². The van der Waals surface area contributed by atoms with Gasteiger partial charge in [0.1, 0.15) is 27.1 Å². The highest BCUT2D eigenvalue weighted by Gasteiger charge is 2.35. The SMILES string of the molecule is O=c1c(=C2Nc3ccc(C4CCCS4(=O)=O)cc3S(=O)(=O)N2)c(=O)n(Cc2ccc(F)cc2)n2c1=CCC2. The van der Waals surface area contributed by atoms with Crippen LogP contribution in [0.15, 0.2) is 56.9 Å². The molecular weight excluding hydrogens is 535 g/mol. The number of rotatable bonds is 3. The van der Waals surface area contributed by atoms with Crippen molar-refractivity contribution in [2.24, 2.45) is 0 Å². The Morgan fingerprint density at radius 1 is 1.03 bits per heavy atom. The van der Waals surface area contributed by atoms with E-state index < -0.39 is 41.9 Å². The molecule has 3 aliphatic heterocycles. The van der Waals surface area contributed by atoms with Crippen LogP contribution in [0.25, 0.3) is 11.9 Å².